The molecule has 2 saturated heterocycles. The number of hydrogen-bond acceptors (Lipinski definition) is 5. The van der Waals surface area contributed by atoms with Gasteiger partial charge in [0.2, 0.25) is 11.8 Å². The van der Waals surface area contributed by atoms with Crippen LogP contribution < -0.4 is 5.32 Å². The molecular weight excluding hydrogens is 530 g/mol. The molecule has 1 unspecified atom stereocenters. The summed E-state index contributed by atoms with van der Waals surface area (Å²) in [5.74, 6) is -0.727. The Kier molecular flexibility index (Phi) is 7.11. The SMILES string of the molecule is CC1(C)CCC(c2ccc(Cl)cc2)=C(CN2CC(Sc3cccc4c3C(=O)N(C3CCC(=O)NC3=O)C4)C2)C1. The largest absolute Gasteiger partial charge is 0.322 e. The molecule has 2 aromatic carbocycles. The lowest BCUT2D eigenvalue weighted by Gasteiger charge is -2.42. The van der Waals surface area contributed by atoms with Gasteiger partial charge < -0.3 is 4.90 Å². The highest BCUT2D eigenvalue weighted by Gasteiger charge is 2.41. The smallest absolute Gasteiger partial charge is 0.256 e. The Morgan fingerprint density at radius 1 is 1.05 bits per heavy atom. The van der Waals surface area contributed by atoms with Crippen LogP contribution in [0, 0.1) is 5.41 Å². The van der Waals surface area contributed by atoms with E-state index in [9.17, 15) is 14.4 Å². The number of rotatable bonds is 6. The van der Waals surface area contributed by atoms with Crippen molar-refractivity contribution in [2.24, 2.45) is 5.41 Å². The Bertz CT molecular complexity index is 1360. The molecule has 2 aromatic rings. The van der Waals surface area contributed by atoms with E-state index in [1.807, 2.05) is 30.3 Å². The van der Waals surface area contributed by atoms with Gasteiger partial charge in [-0.25, -0.2) is 0 Å². The summed E-state index contributed by atoms with van der Waals surface area (Å²) in [5, 5.41) is 3.58. The molecule has 3 amide bonds. The third kappa shape index (κ3) is 5.41. The lowest BCUT2D eigenvalue weighted by molar-refractivity contribution is -0.136. The van der Waals surface area contributed by atoms with Crippen LogP contribution in [0.15, 0.2) is 52.9 Å². The van der Waals surface area contributed by atoms with Crippen molar-refractivity contribution in [2.45, 2.75) is 68.7 Å². The van der Waals surface area contributed by atoms with Crippen LogP contribution in [0.4, 0.5) is 0 Å². The monoisotopic (exact) mass is 563 g/mol. The zero-order valence-corrected chi connectivity index (χ0v) is 24.0. The molecule has 0 bridgehead atoms. The number of imide groups is 1. The van der Waals surface area contributed by atoms with Crippen molar-refractivity contribution in [2.75, 3.05) is 19.6 Å². The Morgan fingerprint density at radius 2 is 1.82 bits per heavy atom. The number of allylic oxidation sites excluding steroid dienone is 1. The zero-order chi connectivity index (χ0) is 27.3. The average Bonchev–Trinajstić information content (AvgIpc) is 3.20. The first kappa shape index (κ1) is 26.6. The summed E-state index contributed by atoms with van der Waals surface area (Å²) in [6.45, 7) is 8.10. The predicted octanol–water partition coefficient (Wildman–Crippen LogP) is 5.54. The summed E-state index contributed by atoms with van der Waals surface area (Å²) >= 11 is 7.93. The molecule has 3 heterocycles. The van der Waals surface area contributed by atoms with Gasteiger partial charge in [-0.1, -0.05) is 55.3 Å². The molecule has 204 valence electrons. The highest BCUT2D eigenvalue weighted by Crippen LogP contribution is 2.44. The number of hydrogen-bond donors (Lipinski definition) is 1. The Labute approximate surface area is 239 Å². The van der Waals surface area contributed by atoms with Crippen molar-refractivity contribution in [3.63, 3.8) is 0 Å². The van der Waals surface area contributed by atoms with Crippen LogP contribution in [0.3, 0.4) is 0 Å². The number of benzene rings is 2. The van der Waals surface area contributed by atoms with Gasteiger partial charge in [-0.2, -0.15) is 0 Å². The molecule has 8 heteroatoms. The number of carbonyl (C=O) groups is 3. The summed E-state index contributed by atoms with van der Waals surface area (Å²) in [5.41, 5.74) is 6.30. The first-order valence-corrected chi connectivity index (χ1v) is 15.0. The van der Waals surface area contributed by atoms with E-state index in [4.69, 9.17) is 11.6 Å². The summed E-state index contributed by atoms with van der Waals surface area (Å²) < 4.78 is 0. The first-order chi connectivity index (χ1) is 18.7. The Morgan fingerprint density at radius 3 is 2.56 bits per heavy atom. The van der Waals surface area contributed by atoms with E-state index < -0.39 is 6.04 Å². The number of thioether (sulfide) groups is 1. The third-order valence-corrected chi connectivity index (χ3v) is 9.99. The van der Waals surface area contributed by atoms with Gasteiger partial charge in [0.1, 0.15) is 6.04 Å². The number of piperidine rings is 1. The highest BCUT2D eigenvalue weighted by atomic mass is 35.5. The molecule has 1 aliphatic carbocycles. The lowest BCUT2D eigenvalue weighted by atomic mass is 9.72. The minimum atomic E-state index is -0.581. The minimum Gasteiger partial charge on any atom is -0.322 e. The van der Waals surface area contributed by atoms with Gasteiger partial charge in [-0.3, -0.25) is 24.6 Å². The highest BCUT2D eigenvalue weighted by molar-refractivity contribution is 8.00. The van der Waals surface area contributed by atoms with Crippen molar-refractivity contribution in [3.05, 3.63) is 69.8 Å². The van der Waals surface area contributed by atoms with Crippen molar-refractivity contribution >= 4 is 46.7 Å². The fraction of sp³-hybridized carbons (Fsp3) is 0.452. The van der Waals surface area contributed by atoms with Crippen LogP contribution in [0.5, 0.6) is 0 Å². The van der Waals surface area contributed by atoms with E-state index in [0.29, 0.717) is 23.6 Å². The topological polar surface area (TPSA) is 69.7 Å². The lowest BCUT2D eigenvalue weighted by Crippen LogP contribution is -2.52. The molecule has 4 aliphatic rings. The summed E-state index contributed by atoms with van der Waals surface area (Å²) in [6.07, 6.45) is 4.04. The number of fused-ring (bicyclic) bond motifs is 1. The number of carbonyl (C=O) groups excluding carboxylic acids is 3. The van der Waals surface area contributed by atoms with Crippen LogP contribution in [-0.4, -0.2) is 58.4 Å². The predicted molar refractivity (Wildman–Crippen MR) is 155 cm³/mol. The summed E-state index contributed by atoms with van der Waals surface area (Å²) in [6, 6.07) is 13.7. The molecule has 1 atom stereocenters. The van der Waals surface area contributed by atoms with Gasteiger partial charge in [-0.05, 0) is 66.0 Å². The fourth-order valence-corrected chi connectivity index (χ4v) is 7.97. The third-order valence-electron chi connectivity index (χ3n) is 8.51. The van der Waals surface area contributed by atoms with Crippen LogP contribution in [0.2, 0.25) is 5.02 Å². The number of nitrogens with zero attached hydrogens (tertiary/aromatic N) is 2. The van der Waals surface area contributed by atoms with Crippen molar-refractivity contribution in [3.8, 4) is 0 Å². The standard InChI is InChI=1S/C31H34ClN3O3S/c1-31(2)13-12-24(19-6-8-22(32)9-7-19)21(14-31)15-34-17-23(18-34)39-26-5-3-4-20-16-35(30(38)28(20)26)25-10-11-27(36)33-29(25)37/h3-9,23,25H,10-18H2,1-2H3,(H,33,36,37). The first-order valence-electron chi connectivity index (χ1n) is 13.8. The zero-order valence-electron chi connectivity index (χ0n) is 22.5. The molecule has 3 aliphatic heterocycles. The molecule has 0 saturated carbocycles. The number of nitrogens with one attached hydrogen (secondary N) is 1. The van der Waals surface area contributed by atoms with E-state index in [-0.39, 0.29) is 24.1 Å². The number of amides is 3. The van der Waals surface area contributed by atoms with E-state index in [1.54, 1.807) is 16.7 Å². The maximum atomic E-state index is 13.4. The van der Waals surface area contributed by atoms with Gasteiger partial charge >= 0.3 is 0 Å². The van der Waals surface area contributed by atoms with Crippen molar-refractivity contribution < 1.29 is 14.4 Å². The molecule has 2 fully saturated rings. The van der Waals surface area contributed by atoms with E-state index in [2.05, 4.69) is 36.2 Å². The average molecular weight is 564 g/mol. The molecule has 39 heavy (non-hydrogen) atoms. The van der Waals surface area contributed by atoms with Crippen LogP contribution >= 0.6 is 23.4 Å². The van der Waals surface area contributed by atoms with Crippen molar-refractivity contribution in [1.82, 2.24) is 15.1 Å². The van der Waals surface area contributed by atoms with Gasteiger partial charge in [0.25, 0.3) is 5.91 Å². The number of likely N-dealkylation sites (tertiary alicyclic amines) is 1. The molecule has 0 radical (unpaired) electrons. The summed E-state index contributed by atoms with van der Waals surface area (Å²) in [4.78, 5) is 42.6. The minimum absolute atomic E-state index is 0.0963. The second kappa shape index (κ2) is 10.4. The van der Waals surface area contributed by atoms with Crippen molar-refractivity contribution in [1.29, 1.82) is 0 Å². The molecule has 6 nitrogen and oxygen atoms in total. The quantitative estimate of drug-likeness (QED) is 0.467. The molecule has 0 spiro atoms. The van der Waals surface area contributed by atoms with Crippen LogP contribution in [0.1, 0.15) is 67.4 Å². The van der Waals surface area contributed by atoms with Gasteiger partial charge in [0, 0.05) is 47.8 Å². The molecule has 1 N–H and O–H groups in total. The summed E-state index contributed by atoms with van der Waals surface area (Å²) in [7, 11) is 0. The molecule has 0 aromatic heterocycles. The van der Waals surface area contributed by atoms with Gasteiger partial charge in [-0.15, -0.1) is 11.8 Å². The second-order valence-electron chi connectivity index (χ2n) is 12.1. The van der Waals surface area contributed by atoms with Gasteiger partial charge in [0.15, 0.2) is 0 Å². The Balaban J connectivity index is 1.12. The fourth-order valence-electron chi connectivity index (χ4n) is 6.42. The number of halogens is 1. The van der Waals surface area contributed by atoms with Crippen LogP contribution in [-0.2, 0) is 16.1 Å². The maximum absolute atomic E-state index is 13.4. The van der Waals surface area contributed by atoms with E-state index in [0.717, 1.165) is 53.5 Å². The Hall–Kier alpha value is -2.61. The normalized spacial score (nSPS) is 23.6. The molecule has 6 rings (SSSR count). The maximum Gasteiger partial charge on any atom is 0.256 e. The van der Waals surface area contributed by atoms with Crippen LogP contribution in [0.25, 0.3) is 5.57 Å². The molecular formula is C31H34ClN3O3S. The second-order valence-corrected chi connectivity index (χ2v) is 13.8. The van der Waals surface area contributed by atoms with E-state index >= 15 is 0 Å². The van der Waals surface area contributed by atoms with E-state index in [1.165, 1.54) is 23.1 Å². The van der Waals surface area contributed by atoms with Gasteiger partial charge in [0.05, 0.1) is 5.56 Å².